The van der Waals surface area contributed by atoms with Gasteiger partial charge in [-0.2, -0.15) is 0 Å². The maximum absolute atomic E-state index is 10.8. The number of hydrogen-bond donors (Lipinski definition) is 2. The normalized spacial score (nSPS) is 11.3. The second kappa shape index (κ2) is 14.9. The summed E-state index contributed by atoms with van der Waals surface area (Å²) in [5, 5.41) is 19.3. The molecule has 0 heterocycles. The number of amidine groups is 1. The van der Waals surface area contributed by atoms with Crippen LogP contribution in [0, 0.1) is 10.1 Å². The lowest BCUT2D eigenvalue weighted by molar-refractivity contribution is -0.610. The molecule has 4 N–H and O–H groups in total. The van der Waals surface area contributed by atoms with E-state index in [1.54, 1.807) is 12.1 Å². The van der Waals surface area contributed by atoms with E-state index >= 15 is 0 Å². The Kier molecular flexibility index (Phi) is 13.9. The maximum Gasteiger partial charge on any atom is 0.364 e. The SMILES string of the molecule is CCN(CC)CCCCC([NH2+]C(=[NH2+])c1ccc([N+](=O)[O-])cc1)c1ccccc1.[Cl-].[Cl-]. The first kappa shape index (κ1) is 28.0. The average Bonchev–Trinajstić information content (AvgIpc) is 2.73. The molecule has 2 aromatic rings. The van der Waals surface area contributed by atoms with Gasteiger partial charge in [-0.05, 0) is 44.6 Å². The molecule has 0 aromatic heterocycles. The molecule has 0 aliphatic heterocycles. The van der Waals surface area contributed by atoms with Crippen LogP contribution < -0.4 is 35.5 Å². The Balaban J connectivity index is 0.00000420. The van der Waals surface area contributed by atoms with E-state index in [0.29, 0.717) is 5.84 Å². The molecule has 6 nitrogen and oxygen atoms in total. The van der Waals surface area contributed by atoms with Crippen LogP contribution in [0.5, 0.6) is 0 Å². The predicted molar refractivity (Wildman–Crippen MR) is 112 cm³/mol. The standard InChI is InChI=1S/C22H30N4O2.2ClH/c1-3-25(4-2)17-9-8-12-21(18-10-6-5-7-11-18)24-22(23)19-13-15-20(16-14-19)26(27)28;;/h5-7,10-11,13-16,21H,3-4,8-9,12,17H2,1-2H3,(H2,23,24);2*1H. The number of halogens is 2. The number of nitrogens with two attached hydrogens (primary N) is 2. The third-order valence-electron chi connectivity index (χ3n) is 5.15. The van der Waals surface area contributed by atoms with E-state index in [9.17, 15) is 10.1 Å². The molecule has 2 rings (SSSR count). The summed E-state index contributed by atoms with van der Waals surface area (Å²) in [7, 11) is 0. The summed E-state index contributed by atoms with van der Waals surface area (Å²) in [6.45, 7) is 7.70. The van der Waals surface area contributed by atoms with Crippen LogP contribution in [0.4, 0.5) is 5.69 Å². The lowest BCUT2D eigenvalue weighted by Gasteiger charge is -2.19. The predicted octanol–water partition coefficient (Wildman–Crippen LogP) is -4.07. The Morgan fingerprint density at radius 3 is 2.17 bits per heavy atom. The molecule has 0 saturated heterocycles. The van der Waals surface area contributed by atoms with E-state index in [4.69, 9.17) is 5.41 Å². The first-order valence-electron chi connectivity index (χ1n) is 10.0. The topological polar surface area (TPSA) is 88.6 Å². The first-order chi connectivity index (χ1) is 13.5. The van der Waals surface area contributed by atoms with Crippen molar-refractivity contribution in [3.8, 4) is 0 Å². The molecule has 0 aliphatic rings. The summed E-state index contributed by atoms with van der Waals surface area (Å²) in [6, 6.07) is 17.0. The van der Waals surface area contributed by atoms with E-state index in [1.807, 2.05) is 18.2 Å². The highest BCUT2D eigenvalue weighted by Crippen LogP contribution is 2.16. The van der Waals surface area contributed by atoms with E-state index in [1.165, 1.54) is 17.7 Å². The molecule has 0 bridgehead atoms. The van der Waals surface area contributed by atoms with Gasteiger partial charge in [-0.1, -0.05) is 44.2 Å². The molecular formula is C22H32Cl2N4O2. The molecule has 2 aromatic carbocycles. The molecule has 0 saturated carbocycles. The van der Waals surface area contributed by atoms with Crippen molar-refractivity contribution in [1.82, 2.24) is 4.90 Å². The van der Waals surface area contributed by atoms with Gasteiger partial charge < -0.3 is 29.7 Å². The molecule has 1 atom stereocenters. The van der Waals surface area contributed by atoms with E-state index < -0.39 is 4.92 Å². The molecule has 8 heteroatoms. The fourth-order valence-electron chi connectivity index (χ4n) is 3.37. The fraction of sp³-hybridized carbons (Fsp3) is 0.409. The van der Waals surface area contributed by atoms with Gasteiger partial charge in [0.25, 0.3) is 5.69 Å². The minimum absolute atomic E-state index is 0. The van der Waals surface area contributed by atoms with Crippen LogP contribution in [0.3, 0.4) is 0 Å². The number of non-ortho nitro benzene ring substituents is 1. The number of unbranched alkanes of at least 4 members (excludes halogenated alkanes) is 1. The molecule has 0 radical (unpaired) electrons. The Morgan fingerprint density at radius 1 is 1.03 bits per heavy atom. The zero-order valence-corrected chi connectivity index (χ0v) is 19.1. The number of nitrogens with zero attached hydrogens (tertiary/aromatic N) is 2. The van der Waals surface area contributed by atoms with Crippen molar-refractivity contribution in [2.24, 2.45) is 0 Å². The zero-order valence-electron chi connectivity index (χ0n) is 17.6. The molecule has 166 valence electrons. The number of quaternary nitrogens is 1. The Bertz CT molecular complexity index is 753. The lowest BCUT2D eigenvalue weighted by Crippen LogP contribution is -3.00. The van der Waals surface area contributed by atoms with Crippen LogP contribution >= 0.6 is 0 Å². The summed E-state index contributed by atoms with van der Waals surface area (Å²) in [4.78, 5) is 12.9. The van der Waals surface area contributed by atoms with Gasteiger partial charge in [-0.25, -0.2) is 5.41 Å². The zero-order chi connectivity index (χ0) is 20.4. The van der Waals surface area contributed by atoms with Gasteiger partial charge in [0.1, 0.15) is 11.6 Å². The van der Waals surface area contributed by atoms with Crippen molar-refractivity contribution >= 4 is 11.5 Å². The van der Waals surface area contributed by atoms with Crippen molar-refractivity contribution in [2.75, 3.05) is 19.6 Å². The van der Waals surface area contributed by atoms with Gasteiger partial charge in [-0.15, -0.1) is 0 Å². The second-order valence-corrected chi connectivity index (χ2v) is 6.97. The molecule has 30 heavy (non-hydrogen) atoms. The molecular weight excluding hydrogens is 423 g/mol. The second-order valence-electron chi connectivity index (χ2n) is 6.97. The third kappa shape index (κ3) is 8.79. The van der Waals surface area contributed by atoms with Gasteiger partial charge >= 0.3 is 5.84 Å². The van der Waals surface area contributed by atoms with Gasteiger partial charge in [0.2, 0.25) is 0 Å². The van der Waals surface area contributed by atoms with Crippen molar-refractivity contribution in [1.29, 1.82) is 0 Å². The van der Waals surface area contributed by atoms with Gasteiger partial charge in [-0.3, -0.25) is 15.4 Å². The number of rotatable bonds is 11. The average molecular weight is 455 g/mol. The number of nitro groups is 1. The molecule has 0 spiro atoms. The fourth-order valence-corrected chi connectivity index (χ4v) is 3.37. The van der Waals surface area contributed by atoms with Crippen molar-refractivity contribution in [3.63, 3.8) is 0 Å². The summed E-state index contributed by atoms with van der Waals surface area (Å²) in [5.74, 6) is 0.660. The van der Waals surface area contributed by atoms with Crippen LogP contribution in [0.1, 0.15) is 50.3 Å². The highest BCUT2D eigenvalue weighted by Gasteiger charge is 2.22. The highest BCUT2D eigenvalue weighted by molar-refractivity contribution is 5.86. The summed E-state index contributed by atoms with van der Waals surface area (Å²) in [5.41, 5.74) is 2.14. The molecule has 1 unspecified atom stereocenters. The minimum atomic E-state index is -0.396. The van der Waals surface area contributed by atoms with Crippen LogP contribution in [-0.4, -0.2) is 35.3 Å². The molecule has 0 amide bonds. The third-order valence-corrected chi connectivity index (χ3v) is 5.15. The van der Waals surface area contributed by atoms with Gasteiger partial charge in [0.15, 0.2) is 0 Å². The van der Waals surface area contributed by atoms with Crippen LogP contribution in [0.15, 0.2) is 54.6 Å². The maximum atomic E-state index is 10.8. The Labute approximate surface area is 191 Å². The van der Waals surface area contributed by atoms with Gasteiger partial charge in [0, 0.05) is 24.1 Å². The smallest absolute Gasteiger partial charge is 0.364 e. The first-order valence-corrected chi connectivity index (χ1v) is 10.0. The van der Waals surface area contributed by atoms with E-state index in [-0.39, 0.29) is 36.5 Å². The van der Waals surface area contributed by atoms with Crippen LogP contribution in [-0.2, 0) is 0 Å². The quantitative estimate of drug-likeness (QED) is 0.119. The number of nitro benzene ring substituents is 1. The molecule has 0 aliphatic carbocycles. The summed E-state index contributed by atoms with van der Waals surface area (Å²) in [6.07, 6.45) is 3.31. The van der Waals surface area contributed by atoms with Crippen molar-refractivity contribution < 1.29 is 40.5 Å². The monoisotopic (exact) mass is 454 g/mol. The number of hydrogen-bond acceptors (Lipinski definition) is 3. The van der Waals surface area contributed by atoms with Crippen LogP contribution in [0.25, 0.3) is 0 Å². The lowest BCUT2D eigenvalue weighted by atomic mass is 10.00. The summed E-state index contributed by atoms with van der Waals surface area (Å²) >= 11 is 0. The van der Waals surface area contributed by atoms with Gasteiger partial charge in [0.05, 0.1) is 4.92 Å². The van der Waals surface area contributed by atoms with E-state index in [2.05, 4.69) is 36.2 Å². The van der Waals surface area contributed by atoms with Crippen molar-refractivity contribution in [3.05, 3.63) is 75.8 Å². The van der Waals surface area contributed by atoms with Crippen molar-refractivity contribution in [2.45, 2.75) is 39.2 Å². The molecule has 0 fully saturated rings. The van der Waals surface area contributed by atoms with E-state index in [0.717, 1.165) is 44.5 Å². The largest absolute Gasteiger partial charge is 1.00 e. The highest BCUT2D eigenvalue weighted by atomic mass is 35.5. The number of benzene rings is 2. The Morgan fingerprint density at radius 2 is 1.63 bits per heavy atom. The minimum Gasteiger partial charge on any atom is -1.00 e. The van der Waals surface area contributed by atoms with Crippen LogP contribution in [0.2, 0.25) is 0 Å². The Hall–Kier alpha value is -1.99. The summed E-state index contributed by atoms with van der Waals surface area (Å²) < 4.78 is 0.